The Morgan fingerprint density at radius 3 is 2.63 bits per heavy atom. The summed E-state index contributed by atoms with van der Waals surface area (Å²) < 4.78 is 27.3. The van der Waals surface area contributed by atoms with E-state index in [9.17, 15) is 23.5 Å². The molecule has 1 amide bonds. The predicted molar refractivity (Wildman–Crippen MR) is 92.8 cm³/mol. The first-order valence-corrected chi connectivity index (χ1v) is 9.43. The van der Waals surface area contributed by atoms with Crippen molar-refractivity contribution >= 4 is 23.0 Å². The Labute approximate surface area is 157 Å². The van der Waals surface area contributed by atoms with Crippen molar-refractivity contribution in [1.29, 1.82) is 0 Å². The standard InChI is InChI=1S/C18H17F2N3O3S/c1-8(2)12-15(25)18(5-6-18)23(17(12)26)7-11-21-22-16(27-11)9-3-4-10(19)14(24)13(9)20/h3-4,8,12,24H,5-7H2,1-2H3. The van der Waals surface area contributed by atoms with E-state index in [4.69, 9.17) is 0 Å². The zero-order valence-corrected chi connectivity index (χ0v) is 15.5. The van der Waals surface area contributed by atoms with Crippen LogP contribution in [0.3, 0.4) is 0 Å². The predicted octanol–water partition coefficient (Wildman–Crippen LogP) is 2.91. The van der Waals surface area contributed by atoms with Gasteiger partial charge in [-0.1, -0.05) is 25.2 Å². The molecule has 9 heteroatoms. The van der Waals surface area contributed by atoms with Gasteiger partial charge in [0.25, 0.3) is 0 Å². The van der Waals surface area contributed by atoms with Crippen molar-refractivity contribution in [2.24, 2.45) is 11.8 Å². The summed E-state index contributed by atoms with van der Waals surface area (Å²) >= 11 is 1.04. The lowest BCUT2D eigenvalue weighted by molar-refractivity contribution is -0.134. The number of halogens is 2. The van der Waals surface area contributed by atoms with E-state index in [2.05, 4.69) is 10.2 Å². The molecule has 1 aromatic heterocycles. The summed E-state index contributed by atoms with van der Waals surface area (Å²) in [7, 11) is 0. The molecule has 1 N–H and O–H groups in total. The SMILES string of the molecule is CC(C)C1C(=O)N(Cc2nnc(-c3ccc(F)c(O)c3F)s2)C2(CC2)C1=O. The normalized spacial score (nSPS) is 20.9. The molecule has 1 saturated heterocycles. The maximum absolute atomic E-state index is 14.1. The van der Waals surface area contributed by atoms with Gasteiger partial charge in [0.1, 0.15) is 16.5 Å². The first-order valence-electron chi connectivity index (χ1n) is 8.62. The smallest absolute Gasteiger partial charge is 0.234 e. The minimum atomic E-state index is -1.11. The molecule has 6 nitrogen and oxygen atoms in total. The van der Waals surface area contributed by atoms with Crippen molar-refractivity contribution in [2.45, 2.75) is 38.8 Å². The number of benzene rings is 1. The van der Waals surface area contributed by atoms with Crippen molar-refractivity contribution in [3.05, 3.63) is 28.8 Å². The Balaban J connectivity index is 1.61. The number of phenols is 1. The van der Waals surface area contributed by atoms with Crippen LogP contribution >= 0.6 is 11.3 Å². The molecule has 27 heavy (non-hydrogen) atoms. The average Bonchev–Trinajstić information content (AvgIpc) is 3.24. The number of phenolic OH excluding ortho intramolecular Hbond substituents is 1. The van der Waals surface area contributed by atoms with Crippen LogP contribution in [0.4, 0.5) is 8.78 Å². The highest BCUT2D eigenvalue weighted by molar-refractivity contribution is 7.14. The van der Waals surface area contributed by atoms with E-state index in [0.29, 0.717) is 17.8 Å². The number of aromatic nitrogens is 2. The Kier molecular flexibility index (Phi) is 4.03. The van der Waals surface area contributed by atoms with Crippen LogP contribution in [0.15, 0.2) is 12.1 Å². The van der Waals surface area contributed by atoms with E-state index in [1.54, 1.807) is 4.90 Å². The lowest BCUT2D eigenvalue weighted by Crippen LogP contribution is -2.37. The largest absolute Gasteiger partial charge is 0.503 e. The summed E-state index contributed by atoms with van der Waals surface area (Å²) in [6.45, 7) is 3.83. The highest BCUT2D eigenvalue weighted by atomic mass is 32.1. The van der Waals surface area contributed by atoms with Crippen LogP contribution in [-0.2, 0) is 16.1 Å². The quantitative estimate of drug-likeness (QED) is 0.808. The van der Waals surface area contributed by atoms with Gasteiger partial charge in [0.2, 0.25) is 5.91 Å². The number of ketones is 1. The fourth-order valence-electron chi connectivity index (χ4n) is 3.63. The van der Waals surface area contributed by atoms with Gasteiger partial charge >= 0.3 is 0 Å². The molecule has 0 radical (unpaired) electrons. The number of aromatic hydroxyl groups is 1. The molecule has 2 heterocycles. The van der Waals surface area contributed by atoms with E-state index in [1.165, 1.54) is 6.07 Å². The molecule has 2 aliphatic rings. The van der Waals surface area contributed by atoms with Crippen LogP contribution in [0.1, 0.15) is 31.7 Å². The van der Waals surface area contributed by atoms with Gasteiger partial charge in [-0.2, -0.15) is 0 Å². The summed E-state index contributed by atoms with van der Waals surface area (Å²) in [4.78, 5) is 27.0. The molecule has 1 aliphatic carbocycles. The number of rotatable bonds is 4. The van der Waals surface area contributed by atoms with E-state index in [0.717, 1.165) is 17.4 Å². The van der Waals surface area contributed by atoms with Crippen molar-refractivity contribution in [2.75, 3.05) is 0 Å². The van der Waals surface area contributed by atoms with Crippen molar-refractivity contribution in [1.82, 2.24) is 15.1 Å². The van der Waals surface area contributed by atoms with Gasteiger partial charge in [-0.3, -0.25) is 9.59 Å². The molecule has 0 bridgehead atoms. The third-order valence-electron chi connectivity index (χ3n) is 5.24. The third kappa shape index (κ3) is 2.63. The summed E-state index contributed by atoms with van der Waals surface area (Å²) in [5, 5.41) is 17.9. The number of nitrogens with zero attached hydrogens (tertiary/aromatic N) is 3. The monoisotopic (exact) mass is 393 g/mol. The average molecular weight is 393 g/mol. The van der Waals surface area contributed by atoms with E-state index >= 15 is 0 Å². The molecule has 1 spiro atoms. The van der Waals surface area contributed by atoms with Crippen LogP contribution < -0.4 is 0 Å². The molecule has 1 unspecified atom stereocenters. The number of amides is 1. The fraction of sp³-hybridized carbons (Fsp3) is 0.444. The van der Waals surface area contributed by atoms with E-state index in [1.807, 2.05) is 13.8 Å². The third-order valence-corrected chi connectivity index (χ3v) is 6.18. The van der Waals surface area contributed by atoms with Crippen LogP contribution in [-0.4, -0.2) is 37.4 Å². The zero-order chi connectivity index (χ0) is 19.5. The Hall–Kier alpha value is -2.42. The number of carbonyl (C=O) groups is 2. The first kappa shape index (κ1) is 18.0. The molecule has 1 saturated carbocycles. The van der Waals surface area contributed by atoms with Gasteiger partial charge in [-0.05, 0) is 30.9 Å². The second-order valence-electron chi connectivity index (χ2n) is 7.30. The topological polar surface area (TPSA) is 83.4 Å². The lowest BCUT2D eigenvalue weighted by Gasteiger charge is -2.21. The number of Topliss-reactive ketones (excluding diaryl/α,β-unsaturated/α-hetero) is 1. The van der Waals surface area contributed by atoms with Gasteiger partial charge in [0.15, 0.2) is 28.2 Å². The second-order valence-corrected chi connectivity index (χ2v) is 8.36. The minimum absolute atomic E-state index is 0.0262. The lowest BCUT2D eigenvalue weighted by atomic mass is 9.91. The number of hydrogen-bond donors (Lipinski definition) is 1. The molecule has 2 aromatic rings. The highest BCUT2D eigenvalue weighted by Gasteiger charge is 2.65. The van der Waals surface area contributed by atoms with Crippen LogP contribution in [0.2, 0.25) is 0 Å². The maximum atomic E-state index is 14.1. The highest BCUT2D eigenvalue weighted by Crippen LogP contribution is 2.51. The fourth-order valence-corrected chi connectivity index (χ4v) is 4.48. The maximum Gasteiger partial charge on any atom is 0.234 e. The summed E-state index contributed by atoms with van der Waals surface area (Å²) in [6, 6.07) is 2.13. The second kappa shape index (κ2) is 6.05. The van der Waals surface area contributed by atoms with Crippen LogP contribution in [0.25, 0.3) is 10.6 Å². The number of hydrogen-bond acceptors (Lipinski definition) is 6. The zero-order valence-electron chi connectivity index (χ0n) is 14.7. The van der Waals surface area contributed by atoms with Crippen molar-refractivity contribution in [3.63, 3.8) is 0 Å². The summed E-state index contributed by atoms with van der Waals surface area (Å²) in [5.74, 6) is -4.17. The minimum Gasteiger partial charge on any atom is -0.503 e. The van der Waals surface area contributed by atoms with Gasteiger partial charge in [0, 0.05) is 0 Å². The first-order chi connectivity index (χ1) is 12.8. The molecular weight excluding hydrogens is 376 g/mol. The van der Waals surface area contributed by atoms with Crippen molar-refractivity contribution < 1.29 is 23.5 Å². The summed E-state index contributed by atoms with van der Waals surface area (Å²) in [5.41, 5.74) is -0.792. The molecule has 2 fully saturated rings. The molecule has 1 aliphatic heterocycles. The molecule has 4 rings (SSSR count). The molecular formula is C18H17F2N3O3S. The van der Waals surface area contributed by atoms with Crippen molar-refractivity contribution in [3.8, 4) is 16.3 Å². The number of likely N-dealkylation sites (tertiary alicyclic amines) is 1. The molecule has 1 aromatic carbocycles. The Morgan fingerprint density at radius 1 is 1.30 bits per heavy atom. The molecule has 1 atom stereocenters. The van der Waals surface area contributed by atoms with Gasteiger partial charge in [-0.15, -0.1) is 10.2 Å². The van der Waals surface area contributed by atoms with Gasteiger partial charge in [-0.25, -0.2) is 8.78 Å². The summed E-state index contributed by atoms with van der Waals surface area (Å²) in [6.07, 6.45) is 1.29. The molecule has 142 valence electrons. The van der Waals surface area contributed by atoms with Crippen LogP contribution in [0, 0.1) is 23.5 Å². The van der Waals surface area contributed by atoms with E-state index < -0.39 is 28.8 Å². The van der Waals surface area contributed by atoms with Gasteiger partial charge < -0.3 is 10.0 Å². The van der Waals surface area contributed by atoms with Gasteiger partial charge in [0.05, 0.1) is 12.1 Å². The van der Waals surface area contributed by atoms with E-state index in [-0.39, 0.29) is 34.7 Å². The van der Waals surface area contributed by atoms with Crippen LogP contribution in [0.5, 0.6) is 5.75 Å². The Morgan fingerprint density at radius 2 is 2.00 bits per heavy atom. The number of carbonyl (C=O) groups excluding carboxylic acids is 2. The Bertz CT molecular complexity index is 955.